The van der Waals surface area contributed by atoms with Gasteiger partial charge in [-0.1, -0.05) is 12.1 Å². The van der Waals surface area contributed by atoms with Crippen LogP contribution in [0.5, 0.6) is 11.5 Å². The minimum Gasteiger partial charge on any atom is -0.457 e. The van der Waals surface area contributed by atoms with E-state index in [2.05, 4.69) is 4.85 Å². The lowest BCUT2D eigenvalue weighted by Gasteiger charge is -2.04. The van der Waals surface area contributed by atoms with Crippen molar-refractivity contribution in [3.05, 3.63) is 65.8 Å². The van der Waals surface area contributed by atoms with E-state index in [1.807, 2.05) is 0 Å². The van der Waals surface area contributed by atoms with E-state index in [0.29, 0.717) is 17.2 Å². The van der Waals surface area contributed by atoms with E-state index in [4.69, 9.17) is 11.3 Å². The van der Waals surface area contributed by atoms with Crippen molar-refractivity contribution in [2.45, 2.75) is 0 Å². The number of halogens is 1. The number of benzene rings is 2. The van der Waals surface area contributed by atoms with Crippen LogP contribution < -0.4 is 4.74 Å². The van der Waals surface area contributed by atoms with Crippen LogP contribution in [0.4, 0.5) is 10.1 Å². The summed E-state index contributed by atoms with van der Waals surface area (Å²) in [7, 11) is 0. The van der Waals surface area contributed by atoms with E-state index < -0.39 is 0 Å². The van der Waals surface area contributed by atoms with Gasteiger partial charge in [0.05, 0.1) is 6.57 Å². The van der Waals surface area contributed by atoms with Crippen LogP contribution in [0.15, 0.2) is 48.5 Å². The molecule has 2 nitrogen and oxygen atoms in total. The summed E-state index contributed by atoms with van der Waals surface area (Å²) >= 11 is 0. The molecule has 0 atom stereocenters. The summed E-state index contributed by atoms with van der Waals surface area (Å²) in [5.74, 6) is 0.895. The summed E-state index contributed by atoms with van der Waals surface area (Å²) in [5, 5.41) is 0. The lowest BCUT2D eigenvalue weighted by Crippen LogP contribution is -1.83. The fraction of sp³-hybridized carbons (Fsp3) is 0. The average molecular weight is 213 g/mol. The number of hydrogen-bond acceptors (Lipinski definition) is 1. The average Bonchev–Trinajstić information content (AvgIpc) is 2.33. The van der Waals surface area contributed by atoms with Crippen LogP contribution >= 0.6 is 0 Å². The Kier molecular flexibility index (Phi) is 2.84. The topological polar surface area (TPSA) is 13.6 Å². The van der Waals surface area contributed by atoms with Crippen molar-refractivity contribution in [3.63, 3.8) is 0 Å². The molecule has 3 heteroatoms. The molecule has 0 aliphatic carbocycles. The molecule has 2 rings (SSSR count). The molecule has 0 aliphatic rings. The largest absolute Gasteiger partial charge is 0.457 e. The zero-order valence-corrected chi connectivity index (χ0v) is 8.35. The maximum absolute atomic E-state index is 12.6. The van der Waals surface area contributed by atoms with E-state index >= 15 is 0 Å². The Labute approximate surface area is 92.7 Å². The van der Waals surface area contributed by atoms with E-state index in [-0.39, 0.29) is 5.82 Å². The van der Waals surface area contributed by atoms with Crippen LogP contribution in [0.1, 0.15) is 0 Å². The summed E-state index contributed by atoms with van der Waals surface area (Å²) < 4.78 is 18.1. The monoisotopic (exact) mass is 213 g/mol. The Morgan fingerprint density at radius 3 is 1.88 bits per heavy atom. The van der Waals surface area contributed by atoms with Crippen LogP contribution in [0.3, 0.4) is 0 Å². The van der Waals surface area contributed by atoms with E-state index in [9.17, 15) is 4.39 Å². The molecule has 0 aromatic heterocycles. The van der Waals surface area contributed by atoms with E-state index in [1.54, 1.807) is 36.4 Å². The van der Waals surface area contributed by atoms with Crippen molar-refractivity contribution in [2.24, 2.45) is 0 Å². The van der Waals surface area contributed by atoms with E-state index in [1.165, 1.54) is 12.1 Å². The van der Waals surface area contributed by atoms with Gasteiger partial charge in [-0.05, 0) is 36.4 Å². The van der Waals surface area contributed by atoms with Gasteiger partial charge in [0, 0.05) is 0 Å². The molecule has 0 amide bonds. The van der Waals surface area contributed by atoms with Gasteiger partial charge in [0.2, 0.25) is 0 Å². The molecule has 0 saturated carbocycles. The quantitative estimate of drug-likeness (QED) is 0.682. The molecule has 0 unspecified atom stereocenters. The minimum atomic E-state index is -0.296. The molecule has 0 spiro atoms. The second-order valence-electron chi connectivity index (χ2n) is 3.16. The van der Waals surface area contributed by atoms with Gasteiger partial charge in [0.15, 0.2) is 5.69 Å². The Hall–Kier alpha value is -2.34. The Balaban J connectivity index is 2.15. The van der Waals surface area contributed by atoms with Gasteiger partial charge in [-0.15, -0.1) is 0 Å². The van der Waals surface area contributed by atoms with Crippen LogP contribution in [-0.4, -0.2) is 0 Å². The lowest BCUT2D eigenvalue weighted by molar-refractivity contribution is 0.480. The predicted molar refractivity (Wildman–Crippen MR) is 59.2 cm³/mol. The van der Waals surface area contributed by atoms with Crippen molar-refractivity contribution in [1.29, 1.82) is 0 Å². The number of nitrogens with zero attached hydrogens (tertiary/aromatic N) is 1. The highest BCUT2D eigenvalue weighted by Gasteiger charge is 1.97. The Morgan fingerprint density at radius 2 is 1.38 bits per heavy atom. The highest BCUT2D eigenvalue weighted by molar-refractivity contribution is 5.47. The molecule has 16 heavy (non-hydrogen) atoms. The lowest BCUT2D eigenvalue weighted by atomic mass is 10.3. The molecule has 78 valence electrons. The second-order valence-corrected chi connectivity index (χ2v) is 3.16. The summed E-state index contributed by atoms with van der Waals surface area (Å²) in [5.41, 5.74) is 0.562. The molecule has 2 aromatic rings. The molecular formula is C13H8FNO. The molecule has 0 heterocycles. The van der Waals surface area contributed by atoms with Gasteiger partial charge >= 0.3 is 0 Å². The highest BCUT2D eigenvalue weighted by Crippen LogP contribution is 2.23. The molecule has 0 radical (unpaired) electrons. The third-order valence-corrected chi connectivity index (χ3v) is 2.02. The maximum Gasteiger partial charge on any atom is 0.187 e. The van der Waals surface area contributed by atoms with Crippen molar-refractivity contribution < 1.29 is 9.13 Å². The Bertz CT molecular complexity index is 511. The SMILES string of the molecule is [C-]#[N+]c1ccc(Oc2ccc(F)cc2)cc1. The van der Waals surface area contributed by atoms with Crippen molar-refractivity contribution in [3.8, 4) is 11.5 Å². The van der Waals surface area contributed by atoms with Gasteiger partial charge in [0.1, 0.15) is 17.3 Å². The normalized spacial score (nSPS) is 9.50. The van der Waals surface area contributed by atoms with Gasteiger partial charge in [0.25, 0.3) is 0 Å². The highest BCUT2D eigenvalue weighted by atomic mass is 19.1. The minimum absolute atomic E-state index is 0.296. The van der Waals surface area contributed by atoms with Crippen LogP contribution in [-0.2, 0) is 0 Å². The first kappa shape index (κ1) is 10.2. The molecule has 0 fully saturated rings. The van der Waals surface area contributed by atoms with Crippen LogP contribution in [0.2, 0.25) is 0 Å². The van der Waals surface area contributed by atoms with Gasteiger partial charge in [-0.25, -0.2) is 9.24 Å². The standard InChI is InChI=1S/C13H8FNO/c1-15-11-4-8-13(9-5-11)16-12-6-2-10(14)3-7-12/h2-9H. The summed E-state index contributed by atoms with van der Waals surface area (Å²) in [4.78, 5) is 3.28. The molecule has 0 bridgehead atoms. The molecule has 0 N–H and O–H groups in total. The molecule has 0 aliphatic heterocycles. The number of ether oxygens (including phenoxy) is 1. The fourth-order valence-electron chi connectivity index (χ4n) is 1.23. The summed E-state index contributed by atoms with van der Waals surface area (Å²) in [6, 6.07) is 12.5. The Morgan fingerprint density at radius 1 is 0.875 bits per heavy atom. The van der Waals surface area contributed by atoms with Gasteiger partial charge in [-0.3, -0.25) is 0 Å². The maximum atomic E-state index is 12.6. The summed E-state index contributed by atoms with van der Waals surface area (Å²) in [6.07, 6.45) is 0. The summed E-state index contributed by atoms with van der Waals surface area (Å²) in [6.45, 7) is 6.80. The number of hydrogen-bond donors (Lipinski definition) is 0. The number of rotatable bonds is 2. The van der Waals surface area contributed by atoms with Crippen molar-refractivity contribution in [1.82, 2.24) is 0 Å². The fourth-order valence-corrected chi connectivity index (χ4v) is 1.23. The third-order valence-electron chi connectivity index (χ3n) is 2.02. The first-order valence-electron chi connectivity index (χ1n) is 4.69. The molecular weight excluding hydrogens is 205 g/mol. The third kappa shape index (κ3) is 2.37. The zero-order chi connectivity index (χ0) is 11.4. The van der Waals surface area contributed by atoms with Gasteiger partial charge in [-0.2, -0.15) is 0 Å². The van der Waals surface area contributed by atoms with Crippen molar-refractivity contribution >= 4 is 5.69 Å². The van der Waals surface area contributed by atoms with Gasteiger partial charge < -0.3 is 4.74 Å². The predicted octanol–water partition coefficient (Wildman–Crippen LogP) is 4.17. The van der Waals surface area contributed by atoms with Crippen LogP contribution in [0.25, 0.3) is 4.85 Å². The smallest absolute Gasteiger partial charge is 0.187 e. The second kappa shape index (κ2) is 4.45. The first-order valence-corrected chi connectivity index (χ1v) is 4.69. The van der Waals surface area contributed by atoms with Crippen LogP contribution in [0, 0.1) is 12.4 Å². The zero-order valence-electron chi connectivity index (χ0n) is 8.35. The molecule has 0 saturated heterocycles. The van der Waals surface area contributed by atoms with Crippen molar-refractivity contribution in [2.75, 3.05) is 0 Å². The van der Waals surface area contributed by atoms with E-state index in [0.717, 1.165) is 0 Å². The first-order chi connectivity index (χ1) is 7.78. The molecule has 2 aromatic carbocycles.